The van der Waals surface area contributed by atoms with Crippen molar-refractivity contribution in [2.24, 2.45) is 4.99 Å². The van der Waals surface area contributed by atoms with E-state index in [-0.39, 0.29) is 0 Å². The topological polar surface area (TPSA) is 75.8 Å². The molecule has 1 aliphatic heterocycles. The third-order valence-electron chi connectivity index (χ3n) is 4.29. The van der Waals surface area contributed by atoms with E-state index in [0.717, 1.165) is 70.3 Å². The Hall–Kier alpha value is -1.63. The Balaban J connectivity index is 1.79. The molecule has 0 unspecified atom stereocenters. The van der Waals surface area contributed by atoms with Gasteiger partial charge in [0.25, 0.3) is 0 Å². The Morgan fingerprint density at radius 3 is 2.72 bits per heavy atom. The molecule has 1 saturated heterocycles. The highest BCUT2D eigenvalue weighted by atomic mass is 16.5. The van der Waals surface area contributed by atoms with E-state index >= 15 is 0 Å². The highest BCUT2D eigenvalue weighted by molar-refractivity contribution is 5.80. The van der Waals surface area contributed by atoms with Gasteiger partial charge in [-0.3, -0.25) is 4.99 Å². The van der Waals surface area contributed by atoms with Crippen molar-refractivity contribution in [3.8, 4) is 0 Å². The van der Waals surface area contributed by atoms with Crippen molar-refractivity contribution in [2.45, 2.75) is 65.4 Å². The molecule has 7 heteroatoms. The largest absolute Gasteiger partial charge is 0.378 e. The van der Waals surface area contributed by atoms with Crippen LogP contribution in [0.15, 0.2) is 9.52 Å². The quantitative estimate of drug-likeness (QED) is 0.441. The average Bonchev–Trinajstić information content (AvgIpc) is 3.08. The van der Waals surface area contributed by atoms with Gasteiger partial charge >= 0.3 is 0 Å². The molecule has 7 nitrogen and oxygen atoms in total. The SMILES string of the molecule is CCNC(=NCCCc1nc(C(C)C)no1)N1CCC(OCC)CC1. The van der Waals surface area contributed by atoms with Crippen LogP contribution in [0.4, 0.5) is 0 Å². The molecule has 0 radical (unpaired) electrons. The highest BCUT2D eigenvalue weighted by Crippen LogP contribution is 2.14. The first-order chi connectivity index (χ1) is 12.1. The Morgan fingerprint density at radius 1 is 1.36 bits per heavy atom. The fourth-order valence-corrected chi connectivity index (χ4v) is 2.92. The van der Waals surface area contributed by atoms with Crippen LogP contribution in [0.3, 0.4) is 0 Å². The number of aliphatic imine (C=N–C) groups is 1. The molecule has 0 amide bonds. The molecule has 0 atom stereocenters. The van der Waals surface area contributed by atoms with Crippen molar-refractivity contribution in [1.82, 2.24) is 20.4 Å². The number of hydrogen-bond acceptors (Lipinski definition) is 5. The lowest BCUT2D eigenvalue weighted by Gasteiger charge is -2.34. The van der Waals surface area contributed by atoms with Gasteiger partial charge in [-0.25, -0.2) is 0 Å². The van der Waals surface area contributed by atoms with Crippen molar-refractivity contribution >= 4 is 5.96 Å². The maximum absolute atomic E-state index is 5.73. The zero-order valence-corrected chi connectivity index (χ0v) is 16.1. The number of nitrogens with zero attached hydrogens (tertiary/aromatic N) is 4. The molecule has 1 aromatic heterocycles. The van der Waals surface area contributed by atoms with Crippen molar-refractivity contribution in [3.63, 3.8) is 0 Å². The summed E-state index contributed by atoms with van der Waals surface area (Å²) in [7, 11) is 0. The van der Waals surface area contributed by atoms with Crippen LogP contribution in [0.1, 0.15) is 64.6 Å². The molecular formula is C18H33N5O2. The van der Waals surface area contributed by atoms with E-state index in [1.54, 1.807) is 0 Å². The number of likely N-dealkylation sites (tertiary alicyclic amines) is 1. The van der Waals surface area contributed by atoms with Gasteiger partial charge < -0.3 is 19.5 Å². The van der Waals surface area contributed by atoms with E-state index < -0.39 is 0 Å². The molecule has 1 N–H and O–H groups in total. The first-order valence-corrected chi connectivity index (χ1v) is 9.61. The summed E-state index contributed by atoms with van der Waals surface area (Å²) in [4.78, 5) is 11.5. The number of nitrogens with one attached hydrogen (secondary N) is 1. The molecule has 1 aliphatic rings. The molecule has 0 saturated carbocycles. The Kier molecular flexibility index (Phi) is 8.18. The lowest BCUT2D eigenvalue weighted by atomic mass is 10.1. The summed E-state index contributed by atoms with van der Waals surface area (Å²) < 4.78 is 11.0. The zero-order chi connectivity index (χ0) is 18.1. The van der Waals surface area contributed by atoms with Crippen LogP contribution in [0.25, 0.3) is 0 Å². The summed E-state index contributed by atoms with van der Waals surface area (Å²) in [6, 6.07) is 0. The van der Waals surface area contributed by atoms with Gasteiger partial charge in [-0.05, 0) is 33.1 Å². The molecule has 0 spiro atoms. The van der Waals surface area contributed by atoms with Crippen LogP contribution >= 0.6 is 0 Å². The van der Waals surface area contributed by atoms with Gasteiger partial charge in [-0.2, -0.15) is 4.98 Å². The van der Waals surface area contributed by atoms with Gasteiger partial charge in [0.15, 0.2) is 11.8 Å². The molecule has 2 rings (SSSR count). The molecule has 2 heterocycles. The van der Waals surface area contributed by atoms with Gasteiger partial charge in [0.1, 0.15) is 0 Å². The summed E-state index contributed by atoms with van der Waals surface area (Å²) in [6.45, 7) is 12.7. The molecule has 142 valence electrons. The van der Waals surface area contributed by atoms with Crippen LogP contribution < -0.4 is 5.32 Å². The fraction of sp³-hybridized carbons (Fsp3) is 0.833. The molecule has 1 aromatic rings. The van der Waals surface area contributed by atoms with E-state index in [1.165, 1.54) is 0 Å². The van der Waals surface area contributed by atoms with E-state index in [0.29, 0.717) is 17.9 Å². The summed E-state index contributed by atoms with van der Waals surface area (Å²) in [5.74, 6) is 2.80. The van der Waals surface area contributed by atoms with Crippen LogP contribution in [-0.2, 0) is 11.2 Å². The van der Waals surface area contributed by atoms with Gasteiger partial charge in [0, 0.05) is 45.1 Å². The number of rotatable bonds is 8. The lowest BCUT2D eigenvalue weighted by molar-refractivity contribution is 0.0264. The monoisotopic (exact) mass is 351 g/mol. The summed E-state index contributed by atoms with van der Waals surface area (Å²) in [5, 5.41) is 7.40. The number of aryl methyl sites for hydroxylation is 1. The van der Waals surface area contributed by atoms with E-state index in [4.69, 9.17) is 14.3 Å². The Morgan fingerprint density at radius 2 is 2.12 bits per heavy atom. The van der Waals surface area contributed by atoms with Gasteiger partial charge in [0.2, 0.25) is 5.89 Å². The maximum Gasteiger partial charge on any atom is 0.226 e. The Bertz CT molecular complexity index is 521. The number of piperidine rings is 1. The summed E-state index contributed by atoms with van der Waals surface area (Å²) >= 11 is 0. The van der Waals surface area contributed by atoms with Crippen molar-refractivity contribution in [2.75, 3.05) is 32.8 Å². The minimum Gasteiger partial charge on any atom is -0.378 e. The molecule has 25 heavy (non-hydrogen) atoms. The second kappa shape index (κ2) is 10.4. The van der Waals surface area contributed by atoms with Gasteiger partial charge in [0.05, 0.1) is 6.10 Å². The second-order valence-electron chi connectivity index (χ2n) is 6.68. The van der Waals surface area contributed by atoms with Crippen molar-refractivity contribution in [3.05, 3.63) is 11.7 Å². The number of aromatic nitrogens is 2. The third-order valence-corrected chi connectivity index (χ3v) is 4.29. The lowest BCUT2D eigenvalue weighted by Crippen LogP contribution is -2.47. The normalized spacial score (nSPS) is 16.7. The number of ether oxygens (including phenoxy) is 1. The maximum atomic E-state index is 5.73. The van der Waals surface area contributed by atoms with Gasteiger partial charge in [-0.1, -0.05) is 19.0 Å². The predicted octanol–water partition coefficient (Wildman–Crippen LogP) is 2.59. The highest BCUT2D eigenvalue weighted by Gasteiger charge is 2.21. The van der Waals surface area contributed by atoms with Crippen molar-refractivity contribution in [1.29, 1.82) is 0 Å². The molecule has 0 bridgehead atoms. The summed E-state index contributed by atoms with van der Waals surface area (Å²) in [6.07, 6.45) is 4.21. The van der Waals surface area contributed by atoms with E-state index in [1.807, 2.05) is 0 Å². The molecule has 0 aliphatic carbocycles. The smallest absolute Gasteiger partial charge is 0.226 e. The minimum absolute atomic E-state index is 0.301. The van der Waals surface area contributed by atoms with Crippen molar-refractivity contribution < 1.29 is 9.26 Å². The van der Waals surface area contributed by atoms with Crippen LogP contribution in [-0.4, -0.2) is 59.9 Å². The standard InChI is InChI=1S/C18H33N5O2/c1-5-19-18(23-12-9-15(10-13-23)24-6-2)20-11-7-8-16-21-17(14(3)4)22-25-16/h14-15H,5-13H2,1-4H3,(H,19,20). The second-order valence-corrected chi connectivity index (χ2v) is 6.68. The fourth-order valence-electron chi connectivity index (χ4n) is 2.92. The zero-order valence-electron chi connectivity index (χ0n) is 16.1. The molecule has 0 aromatic carbocycles. The Labute approximate surface area is 151 Å². The van der Waals surface area contributed by atoms with Gasteiger partial charge in [-0.15, -0.1) is 0 Å². The number of hydrogen-bond donors (Lipinski definition) is 1. The molecule has 1 fully saturated rings. The third kappa shape index (κ3) is 6.30. The van der Waals surface area contributed by atoms with E-state index in [9.17, 15) is 0 Å². The minimum atomic E-state index is 0.301. The van der Waals surface area contributed by atoms with E-state index in [2.05, 4.69) is 48.1 Å². The van der Waals surface area contributed by atoms with Crippen LogP contribution in [0, 0.1) is 0 Å². The summed E-state index contributed by atoms with van der Waals surface area (Å²) in [5.41, 5.74) is 0. The average molecular weight is 351 g/mol. The predicted molar refractivity (Wildman–Crippen MR) is 98.9 cm³/mol. The number of guanidine groups is 1. The molecular weight excluding hydrogens is 318 g/mol. The van der Waals surface area contributed by atoms with Crippen LogP contribution in [0.2, 0.25) is 0 Å². The first-order valence-electron chi connectivity index (χ1n) is 9.61. The first kappa shape index (κ1) is 19.7. The van der Waals surface area contributed by atoms with Crippen LogP contribution in [0.5, 0.6) is 0 Å².